The molecule has 0 radical (unpaired) electrons. The summed E-state index contributed by atoms with van der Waals surface area (Å²) in [6, 6.07) is 10.7. The SMILES string of the molecule is O=C(O)c1cc(Br)ccc1Sc1nnc2ccccn12. The maximum Gasteiger partial charge on any atom is 0.336 e. The highest BCUT2D eigenvalue weighted by Crippen LogP contribution is 2.31. The molecule has 3 aromatic rings. The highest BCUT2D eigenvalue weighted by atomic mass is 79.9. The molecule has 0 bridgehead atoms. The summed E-state index contributed by atoms with van der Waals surface area (Å²) in [7, 11) is 0. The molecule has 0 unspecified atom stereocenters. The Morgan fingerprint density at radius 3 is 2.90 bits per heavy atom. The Hall–Kier alpha value is -1.86. The number of benzene rings is 1. The molecule has 0 aliphatic rings. The number of hydrogen-bond donors (Lipinski definition) is 1. The average molecular weight is 350 g/mol. The number of carbonyl (C=O) groups is 1. The van der Waals surface area contributed by atoms with E-state index in [-0.39, 0.29) is 5.56 Å². The first-order chi connectivity index (χ1) is 9.65. The number of nitrogens with zero attached hydrogens (tertiary/aromatic N) is 3. The predicted octanol–water partition coefficient (Wildman–Crippen LogP) is 3.34. The molecule has 0 atom stereocenters. The summed E-state index contributed by atoms with van der Waals surface area (Å²) in [5.74, 6) is -0.970. The van der Waals surface area contributed by atoms with E-state index in [1.807, 2.05) is 28.8 Å². The van der Waals surface area contributed by atoms with Gasteiger partial charge in [0.25, 0.3) is 0 Å². The fraction of sp³-hybridized carbons (Fsp3) is 0. The summed E-state index contributed by atoms with van der Waals surface area (Å²) in [6.07, 6.45) is 1.84. The summed E-state index contributed by atoms with van der Waals surface area (Å²) in [5.41, 5.74) is 0.959. The van der Waals surface area contributed by atoms with Crippen molar-refractivity contribution in [1.82, 2.24) is 14.6 Å². The van der Waals surface area contributed by atoms with Crippen molar-refractivity contribution < 1.29 is 9.90 Å². The van der Waals surface area contributed by atoms with Gasteiger partial charge in [-0.25, -0.2) is 4.79 Å². The predicted molar refractivity (Wildman–Crippen MR) is 78.2 cm³/mol. The molecule has 0 saturated carbocycles. The van der Waals surface area contributed by atoms with Gasteiger partial charge in [-0.3, -0.25) is 4.40 Å². The number of aromatic carboxylic acids is 1. The number of halogens is 1. The van der Waals surface area contributed by atoms with Gasteiger partial charge < -0.3 is 5.11 Å². The van der Waals surface area contributed by atoms with Crippen molar-refractivity contribution in [3.8, 4) is 0 Å². The second-order valence-corrected chi connectivity index (χ2v) is 5.88. The second kappa shape index (κ2) is 5.26. The molecular formula is C13H8BrN3O2S. The number of fused-ring (bicyclic) bond motifs is 1. The minimum Gasteiger partial charge on any atom is -0.478 e. The lowest BCUT2D eigenvalue weighted by Crippen LogP contribution is -1.99. The average Bonchev–Trinajstić information content (AvgIpc) is 2.84. The van der Waals surface area contributed by atoms with Crippen LogP contribution < -0.4 is 0 Å². The first-order valence-corrected chi connectivity index (χ1v) is 7.26. The zero-order valence-corrected chi connectivity index (χ0v) is 12.4. The minimum atomic E-state index is -0.970. The fourth-order valence-corrected chi connectivity index (χ4v) is 3.03. The normalized spacial score (nSPS) is 10.8. The molecule has 1 aromatic carbocycles. The van der Waals surface area contributed by atoms with Crippen LogP contribution in [-0.2, 0) is 0 Å². The maximum absolute atomic E-state index is 11.3. The number of aromatic nitrogens is 3. The van der Waals surface area contributed by atoms with Crippen molar-refractivity contribution in [1.29, 1.82) is 0 Å². The van der Waals surface area contributed by atoms with E-state index >= 15 is 0 Å². The highest BCUT2D eigenvalue weighted by Gasteiger charge is 2.14. The molecule has 0 amide bonds. The quantitative estimate of drug-likeness (QED) is 0.785. The lowest BCUT2D eigenvalue weighted by molar-refractivity contribution is 0.0693. The van der Waals surface area contributed by atoms with E-state index in [0.29, 0.717) is 10.1 Å². The molecule has 5 nitrogen and oxygen atoms in total. The Morgan fingerprint density at radius 1 is 1.25 bits per heavy atom. The third kappa shape index (κ3) is 2.41. The Labute approximate surface area is 126 Å². The van der Waals surface area contributed by atoms with Gasteiger partial charge in [0.05, 0.1) is 5.56 Å². The number of carboxylic acids is 1. The molecule has 0 fully saturated rings. The van der Waals surface area contributed by atoms with Crippen LogP contribution in [0.3, 0.4) is 0 Å². The molecule has 2 heterocycles. The lowest BCUT2D eigenvalue weighted by Gasteiger charge is -2.05. The van der Waals surface area contributed by atoms with E-state index in [1.165, 1.54) is 11.8 Å². The van der Waals surface area contributed by atoms with Crippen LogP contribution in [0.5, 0.6) is 0 Å². The van der Waals surface area contributed by atoms with Crippen LogP contribution in [0, 0.1) is 0 Å². The van der Waals surface area contributed by atoms with Gasteiger partial charge in [0, 0.05) is 15.6 Å². The van der Waals surface area contributed by atoms with Crippen LogP contribution in [-0.4, -0.2) is 25.7 Å². The molecule has 1 N–H and O–H groups in total. The zero-order valence-electron chi connectivity index (χ0n) is 10.0. The van der Waals surface area contributed by atoms with Crippen LogP contribution in [0.25, 0.3) is 5.65 Å². The molecular weight excluding hydrogens is 342 g/mol. The van der Waals surface area contributed by atoms with Crippen molar-refractivity contribution in [3.05, 3.63) is 52.6 Å². The summed E-state index contributed by atoms with van der Waals surface area (Å²) in [6.45, 7) is 0. The zero-order chi connectivity index (χ0) is 14.1. The monoisotopic (exact) mass is 349 g/mol. The standard InChI is InChI=1S/C13H8BrN3O2S/c14-8-4-5-10(9(7-8)12(18)19)20-13-16-15-11-3-1-2-6-17(11)13/h1-7H,(H,18,19). The van der Waals surface area contributed by atoms with Gasteiger partial charge in [0.1, 0.15) is 0 Å². The second-order valence-electron chi connectivity index (χ2n) is 3.96. The van der Waals surface area contributed by atoms with Crippen molar-refractivity contribution in [2.75, 3.05) is 0 Å². The number of hydrogen-bond acceptors (Lipinski definition) is 4. The van der Waals surface area contributed by atoms with Crippen molar-refractivity contribution >= 4 is 39.3 Å². The summed E-state index contributed by atoms with van der Waals surface area (Å²) < 4.78 is 2.54. The van der Waals surface area contributed by atoms with Gasteiger partial charge in [-0.2, -0.15) is 0 Å². The van der Waals surface area contributed by atoms with Crippen LogP contribution >= 0.6 is 27.7 Å². The lowest BCUT2D eigenvalue weighted by atomic mass is 10.2. The van der Waals surface area contributed by atoms with E-state index in [4.69, 9.17) is 0 Å². The van der Waals surface area contributed by atoms with E-state index < -0.39 is 5.97 Å². The van der Waals surface area contributed by atoms with Crippen LogP contribution in [0.15, 0.2) is 57.1 Å². The smallest absolute Gasteiger partial charge is 0.336 e. The van der Waals surface area contributed by atoms with Crippen molar-refractivity contribution in [3.63, 3.8) is 0 Å². The highest BCUT2D eigenvalue weighted by molar-refractivity contribution is 9.10. The van der Waals surface area contributed by atoms with Crippen molar-refractivity contribution in [2.24, 2.45) is 0 Å². The molecule has 20 heavy (non-hydrogen) atoms. The Balaban J connectivity index is 2.05. The minimum absolute atomic E-state index is 0.233. The fourth-order valence-electron chi connectivity index (χ4n) is 1.75. The molecule has 0 spiro atoms. The molecule has 0 aliphatic carbocycles. The summed E-state index contributed by atoms with van der Waals surface area (Å²) in [5, 5.41) is 18.0. The third-order valence-electron chi connectivity index (χ3n) is 2.66. The van der Waals surface area contributed by atoms with Gasteiger partial charge >= 0.3 is 5.97 Å². The van der Waals surface area contributed by atoms with Crippen molar-refractivity contribution in [2.45, 2.75) is 10.1 Å². The Bertz CT molecular complexity index is 803. The summed E-state index contributed by atoms with van der Waals surface area (Å²) >= 11 is 4.55. The molecule has 0 aliphatic heterocycles. The van der Waals surface area contributed by atoms with E-state index in [1.54, 1.807) is 18.2 Å². The number of pyridine rings is 1. The summed E-state index contributed by atoms with van der Waals surface area (Å²) in [4.78, 5) is 11.9. The van der Waals surface area contributed by atoms with Gasteiger partial charge in [0.2, 0.25) is 0 Å². The molecule has 100 valence electrons. The van der Waals surface area contributed by atoms with E-state index in [9.17, 15) is 9.90 Å². The molecule has 7 heteroatoms. The number of rotatable bonds is 3. The van der Waals surface area contributed by atoms with Crippen LogP contribution in [0.2, 0.25) is 0 Å². The van der Waals surface area contributed by atoms with Crippen LogP contribution in [0.1, 0.15) is 10.4 Å². The van der Waals surface area contributed by atoms with Crippen LogP contribution in [0.4, 0.5) is 0 Å². The number of carboxylic acid groups (broad SMARTS) is 1. The van der Waals surface area contributed by atoms with E-state index in [2.05, 4.69) is 26.1 Å². The van der Waals surface area contributed by atoms with Gasteiger partial charge in [-0.15, -0.1) is 10.2 Å². The van der Waals surface area contributed by atoms with Gasteiger partial charge in [-0.1, -0.05) is 22.0 Å². The molecule has 0 saturated heterocycles. The Kier molecular flexibility index (Phi) is 3.45. The third-order valence-corrected chi connectivity index (χ3v) is 4.19. The van der Waals surface area contributed by atoms with Gasteiger partial charge in [0.15, 0.2) is 10.8 Å². The van der Waals surface area contributed by atoms with E-state index in [0.717, 1.165) is 10.1 Å². The first-order valence-electron chi connectivity index (χ1n) is 5.65. The maximum atomic E-state index is 11.3. The Morgan fingerprint density at radius 2 is 2.10 bits per heavy atom. The largest absolute Gasteiger partial charge is 0.478 e. The molecule has 3 rings (SSSR count). The molecule has 2 aromatic heterocycles. The topological polar surface area (TPSA) is 67.5 Å². The van der Waals surface area contributed by atoms with Gasteiger partial charge in [-0.05, 0) is 42.1 Å². The first kappa shape index (κ1) is 13.1.